The van der Waals surface area contributed by atoms with Crippen LogP contribution in [0.1, 0.15) is 16.7 Å². The summed E-state index contributed by atoms with van der Waals surface area (Å²) < 4.78 is 0. The topological polar surface area (TPSA) is 65.6 Å². The van der Waals surface area contributed by atoms with E-state index in [2.05, 4.69) is 35.3 Å². The summed E-state index contributed by atoms with van der Waals surface area (Å²) in [5.41, 5.74) is 11.8. The summed E-state index contributed by atoms with van der Waals surface area (Å²) in [6.07, 6.45) is 1.77. The van der Waals surface area contributed by atoms with E-state index in [9.17, 15) is 5.26 Å². The Labute approximate surface area is 117 Å². The number of rotatable bonds is 2. The second kappa shape index (κ2) is 4.84. The minimum atomic E-state index is 0.546. The van der Waals surface area contributed by atoms with Crippen LogP contribution in [0.4, 0.5) is 0 Å². The minimum absolute atomic E-state index is 0.546. The molecule has 0 aliphatic rings. The zero-order valence-corrected chi connectivity index (χ0v) is 11.3. The second-order valence-electron chi connectivity index (χ2n) is 4.90. The van der Waals surface area contributed by atoms with E-state index in [1.165, 1.54) is 0 Å². The van der Waals surface area contributed by atoms with Crippen LogP contribution in [0.5, 0.6) is 0 Å². The molecule has 0 spiro atoms. The molecule has 3 N–H and O–H groups in total. The molecule has 0 aliphatic carbocycles. The van der Waals surface area contributed by atoms with Crippen LogP contribution in [-0.2, 0) is 6.54 Å². The van der Waals surface area contributed by atoms with Crippen molar-refractivity contribution in [2.45, 2.75) is 13.5 Å². The molecule has 3 nitrogen and oxygen atoms in total. The summed E-state index contributed by atoms with van der Waals surface area (Å²) in [6, 6.07) is 14.6. The van der Waals surface area contributed by atoms with Gasteiger partial charge in [-0.1, -0.05) is 36.4 Å². The first kappa shape index (κ1) is 12.5. The van der Waals surface area contributed by atoms with Crippen molar-refractivity contribution in [1.82, 2.24) is 4.98 Å². The molecule has 0 saturated carbocycles. The molecule has 3 heteroatoms. The molecule has 20 heavy (non-hydrogen) atoms. The Morgan fingerprint density at radius 3 is 2.55 bits per heavy atom. The van der Waals surface area contributed by atoms with Gasteiger partial charge >= 0.3 is 0 Å². The predicted molar refractivity (Wildman–Crippen MR) is 81.1 cm³/mol. The summed E-state index contributed by atoms with van der Waals surface area (Å²) in [5.74, 6) is 0. The number of H-pyrrole nitrogens is 1. The quantitative estimate of drug-likeness (QED) is 0.741. The van der Waals surface area contributed by atoms with Gasteiger partial charge in [0.05, 0.1) is 11.1 Å². The number of fused-ring (bicyclic) bond motifs is 1. The third kappa shape index (κ3) is 1.87. The molecule has 0 bridgehead atoms. The molecule has 0 atom stereocenters. The van der Waals surface area contributed by atoms with Gasteiger partial charge in [-0.25, -0.2) is 0 Å². The van der Waals surface area contributed by atoms with E-state index in [1.54, 1.807) is 6.20 Å². The van der Waals surface area contributed by atoms with Crippen LogP contribution in [0.2, 0.25) is 0 Å². The van der Waals surface area contributed by atoms with Crippen LogP contribution in [0.15, 0.2) is 42.6 Å². The Morgan fingerprint density at radius 1 is 1.15 bits per heavy atom. The highest BCUT2D eigenvalue weighted by Crippen LogP contribution is 2.31. The van der Waals surface area contributed by atoms with Crippen LogP contribution < -0.4 is 5.73 Å². The Hall–Kier alpha value is -2.57. The Kier molecular flexibility index (Phi) is 3.02. The predicted octanol–water partition coefficient (Wildman–Crippen LogP) is 3.47. The fraction of sp³-hybridized carbons (Fsp3) is 0.118. The van der Waals surface area contributed by atoms with Gasteiger partial charge in [-0.3, -0.25) is 0 Å². The van der Waals surface area contributed by atoms with E-state index < -0.39 is 0 Å². The number of hydrogen-bond acceptors (Lipinski definition) is 2. The first-order chi connectivity index (χ1) is 9.74. The molecule has 3 rings (SSSR count). The van der Waals surface area contributed by atoms with Crippen LogP contribution in [0, 0.1) is 18.3 Å². The molecular weight excluding hydrogens is 246 g/mol. The largest absolute Gasteiger partial charge is 0.359 e. The summed E-state index contributed by atoms with van der Waals surface area (Å²) in [5, 5.41) is 10.2. The first-order valence-electron chi connectivity index (χ1n) is 6.54. The monoisotopic (exact) mass is 261 g/mol. The third-order valence-electron chi connectivity index (χ3n) is 3.66. The van der Waals surface area contributed by atoms with Crippen molar-refractivity contribution in [3.8, 4) is 17.2 Å². The van der Waals surface area contributed by atoms with Crippen molar-refractivity contribution in [3.05, 3.63) is 59.3 Å². The van der Waals surface area contributed by atoms with E-state index in [0.717, 1.165) is 33.2 Å². The number of hydrogen-bond donors (Lipinski definition) is 2. The summed E-state index contributed by atoms with van der Waals surface area (Å²) >= 11 is 0. The normalized spacial score (nSPS) is 10.7. The molecular formula is C17H15N3. The average Bonchev–Trinajstić information content (AvgIpc) is 2.93. The number of nitrogens with one attached hydrogen (secondary N) is 1. The Bertz CT molecular complexity index is 805. The lowest BCUT2D eigenvalue weighted by Crippen LogP contribution is -1.95. The fourth-order valence-electron chi connectivity index (χ4n) is 2.57. The lowest BCUT2D eigenvalue weighted by Gasteiger charge is -2.07. The minimum Gasteiger partial charge on any atom is -0.359 e. The van der Waals surface area contributed by atoms with E-state index in [-0.39, 0.29) is 0 Å². The zero-order chi connectivity index (χ0) is 14.1. The van der Waals surface area contributed by atoms with Crippen molar-refractivity contribution in [1.29, 1.82) is 5.26 Å². The van der Waals surface area contributed by atoms with Crippen LogP contribution in [-0.4, -0.2) is 4.98 Å². The lowest BCUT2D eigenvalue weighted by molar-refractivity contribution is 1.07. The Balaban J connectivity index is 2.24. The standard InChI is InChI=1S/C17H15N3/c1-11-2-7-15(13-5-3-12(8-18)4-6-13)17-16(11)14(9-19)10-20-17/h2-7,10,20H,8,18H2,1H3. The average molecular weight is 261 g/mol. The van der Waals surface area contributed by atoms with Gasteiger partial charge in [-0.2, -0.15) is 5.26 Å². The molecule has 98 valence electrons. The number of nitrogens with zero attached hydrogens (tertiary/aromatic N) is 1. The van der Waals surface area contributed by atoms with Gasteiger partial charge in [0.25, 0.3) is 0 Å². The third-order valence-corrected chi connectivity index (χ3v) is 3.66. The van der Waals surface area contributed by atoms with Crippen LogP contribution in [0.25, 0.3) is 22.0 Å². The summed E-state index contributed by atoms with van der Waals surface area (Å²) in [6.45, 7) is 2.57. The molecule has 0 aliphatic heterocycles. The molecule has 0 saturated heterocycles. The summed E-state index contributed by atoms with van der Waals surface area (Å²) in [4.78, 5) is 3.23. The van der Waals surface area contributed by atoms with E-state index in [4.69, 9.17) is 5.73 Å². The van der Waals surface area contributed by atoms with Gasteiger partial charge in [0, 0.05) is 23.7 Å². The number of aromatic nitrogens is 1. The van der Waals surface area contributed by atoms with Crippen molar-refractivity contribution >= 4 is 10.9 Å². The van der Waals surface area contributed by atoms with E-state index in [1.807, 2.05) is 19.1 Å². The van der Waals surface area contributed by atoms with Gasteiger partial charge in [0.1, 0.15) is 6.07 Å². The van der Waals surface area contributed by atoms with Crippen molar-refractivity contribution in [2.75, 3.05) is 0 Å². The van der Waals surface area contributed by atoms with Crippen molar-refractivity contribution in [2.24, 2.45) is 5.73 Å². The second-order valence-corrected chi connectivity index (χ2v) is 4.90. The first-order valence-corrected chi connectivity index (χ1v) is 6.54. The molecule has 0 unspecified atom stereocenters. The molecule has 0 radical (unpaired) electrons. The number of nitrogens with two attached hydrogens (primary N) is 1. The summed E-state index contributed by atoms with van der Waals surface area (Å²) in [7, 11) is 0. The number of nitriles is 1. The molecule has 0 amide bonds. The number of benzene rings is 2. The van der Waals surface area contributed by atoms with Crippen LogP contribution >= 0.6 is 0 Å². The highest BCUT2D eigenvalue weighted by molar-refractivity contribution is 5.99. The highest BCUT2D eigenvalue weighted by Gasteiger charge is 2.11. The van der Waals surface area contributed by atoms with Gasteiger partial charge in [0.2, 0.25) is 0 Å². The highest BCUT2D eigenvalue weighted by atomic mass is 14.7. The molecule has 0 fully saturated rings. The van der Waals surface area contributed by atoms with Gasteiger partial charge < -0.3 is 10.7 Å². The zero-order valence-electron chi connectivity index (χ0n) is 11.3. The van der Waals surface area contributed by atoms with Crippen molar-refractivity contribution < 1.29 is 0 Å². The van der Waals surface area contributed by atoms with E-state index in [0.29, 0.717) is 12.1 Å². The van der Waals surface area contributed by atoms with Gasteiger partial charge in [0.15, 0.2) is 0 Å². The molecule has 3 aromatic rings. The SMILES string of the molecule is Cc1ccc(-c2ccc(CN)cc2)c2[nH]cc(C#N)c12. The molecule has 1 aromatic heterocycles. The van der Waals surface area contributed by atoms with Gasteiger partial charge in [-0.05, 0) is 23.6 Å². The lowest BCUT2D eigenvalue weighted by atomic mass is 9.98. The fourth-order valence-corrected chi connectivity index (χ4v) is 2.57. The molecule has 1 heterocycles. The van der Waals surface area contributed by atoms with E-state index >= 15 is 0 Å². The Morgan fingerprint density at radius 2 is 1.90 bits per heavy atom. The molecule has 2 aromatic carbocycles. The number of aromatic amines is 1. The van der Waals surface area contributed by atoms with Gasteiger partial charge in [-0.15, -0.1) is 0 Å². The maximum Gasteiger partial charge on any atom is 0.101 e. The smallest absolute Gasteiger partial charge is 0.101 e. The number of aryl methyl sites for hydroxylation is 1. The van der Waals surface area contributed by atoms with Crippen LogP contribution in [0.3, 0.4) is 0 Å². The maximum absolute atomic E-state index is 9.19. The maximum atomic E-state index is 9.19. The van der Waals surface area contributed by atoms with Crippen molar-refractivity contribution in [3.63, 3.8) is 0 Å².